The Bertz CT molecular complexity index is 873. The molecule has 0 aliphatic carbocycles. The second-order valence-electron chi connectivity index (χ2n) is 5.54. The number of hydrogen-bond donors (Lipinski definition) is 0. The van der Waals surface area contributed by atoms with E-state index in [4.69, 9.17) is 25.8 Å². The van der Waals surface area contributed by atoms with Crippen molar-refractivity contribution in [3.8, 4) is 0 Å². The van der Waals surface area contributed by atoms with Gasteiger partial charge in [0.2, 0.25) is 6.10 Å². The Morgan fingerprint density at radius 1 is 1.07 bits per heavy atom. The van der Waals surface area contributed by atoms with Gasteiger partial charge < -0.3 is 14.2 Å². The monoisotopic (exact) mass is 402 g/mol. The molecule has 0 amide bonds. The van der Waals surface area contributed by atoms with Gasteiger partial charge in [0.1, 0.15) is 0 Å². The molecule has 0 saturated heterocycles. The maximum atomic E-state index is 12.5. The zero-order valence-electron chi connectivity index (χ0n) is 15.4. The van der Waals surface area contributed by atoms with Crippen LogP contribution in [-0.2, 0) is 23.8 Å². The van der Waals surface area contributed by atoms with Gasteiger partial charge in [-0.15, -0.1) is 0 Å². The number of rotatable bonds is 7. The summed E-state index contributed by atoms with van der Waals surface area (Å²) in [5, 5.41) is 0.283. The lowest BCUT2D eigenvalue weighted by molar-refractivity contribution is -0.151. The van der Waals surface area contributed by atoms with Gasteiger partial charge in [0, 0.05) is 16.7 Å². The minimum Gasteiger partial charge on any atom is -0.466 e. The van der Waals surface area contributed by atoms with Crippen molar-refractivity contribution < 1.29 is 28.6 Å². The summed E-state index contributed by atoms with van der Waals surface area (Å²) in [5.41, 5.74) is 1.26. The third-order valence-corrected chi connectivity index (χ3v) is 4.02. The van der Waals surface area contributed by atoms with Gasteiger partial charge >= 0.3 is 17.9 Å². The average molecular weight is 403 g/mol. The van der Waals surface area contributed by atoms with Gasteiger partial charge in [-0.3, -0.25) is 0 Å². The van der Waals surface area contributed by atoms with Crippen LogP contribution in [0.1, 0.15) is 34.5 Å². The first-order valence-corrected chi connectivity index (χ1v) is 8.82. The Balaban J connectivity index is 2.14. The van der Waals surface area contributed by atoms with E-state index in [1.807, 2.05) is 0 Å². The minimum absolute atomic E-state index is 0.231. The Morgan fingerprint density at radius 3 is 2.36 bits per heavy atom. The number of esters is 3. The van der Waals surface area contributed by atoms with Crippen molar-refractivity contribution in [3.05, 3.63) is 76.3 Å². The molecule has 0 heterocycles. The van der Waals surface area contributed by atoms with Crippen LogP contribution in [0.5, 0.6) is 0 Å². The Hall–Kier alpha value is -3.12. The summed E-state index contributed by atoms with van der Waals surface area (Å²) in [6, 6.07) is 12.9. The van der Waals surface area contributed by atoms with Crippen LogP contribution < -0.4 is 0 Å². The van der Waals surface area contributed by atoms with Crippen molar-refractivity contribution in [1.29, 1.82) is 0 Å². The fourth-order valence-corrected chi connectivity index (χ4v) is 2.53. The molecule has 2 rings (SSSR count). The van der Waals surface area contributed by atoms with Gasteiger partial charge in [0.25, 0.3) is 0 Å². The SMILES string of the molecule is CCOC(=O)/C=C/c1ccc(C(=O)OC(C(=O)OC)c2ccccc2Cl)cc1. The highest BCUT2D eigenvalue weighted by molar-refractivity contribution is 6.31. The van der Waals surface area contributed by atoms with Crippen LogP contribution >= 0.6 is 11.6 Å². The lowest BCUT2D eigenvalue weighted by atomic mass is 10.1. The van der Waals surface area contributed by atoms with E-state index in [0.29, 0.717) is 17.7 Å². The minimum atomic E-state index is -1.28. The number of carbonyl (C=O) groups is 3. The first kappa shape index (κ1) is 21.2. The summed E-state index contributed by atoms with van der Waals surface area (Å²) in [5.74, 6) is -1.90. The Labute approximate surface area is 167 Å². The van der Waals surface area contributed by atoms with Crippen LogP contribution in [0, 0.1) is 0 Å². The van der Waals surface area contributed by atoms with Crippen LogP contribution in [0.2, 0.25) is 5.02 Å². The molecule has 7 heteroatoms. The van der Waals surface area contributed by atoms with Gasteiger partial charge in [-0.1, -0.05) is 41.9 Å². The van der Waals surface area contributed by atoms with Crippen LogP contribution in [0.4, 0.5) is 0 Å². The predicted octanol–water partition coefficient (Wildman–Crippen LogP) is 3.99. The molecule has 2 aromatic rings. The molecule has 0 bridgehead atoms. The van der Waals surface area contributed by atoms with E-state index < -0.39 is 24.0 Å². The number of hydrogen-bond acceptors (Lipinski definition) is 6. The summed E-state index contributed by atoms with van der Waals surface area (Å²) in [6.45, 7) is 2.01. The van der Waals surface area contributed by atoms with Crippen molar-refractivity contribution >= 4 is 35.6 Å². The molecule has 6 nitrogen and oxygen atoms in total. The highest BCUT2D eigenvalue weighted by Crippen LogP contribution is 2.27. The van der Waals surface area contributed by atoms with Crippen molar-refractivity contribution in [1.82, 2.24) is 0 Å². The molecular weight excluding hydrogens is 384 g/mol. The van der Waals surface area contributed by atoms with Gasteiger partial charge in [0.05, 0.1) is 19.3 Å². The lowest BCUT2D eigenvalue weighted by Gasteiger charge is -2.17. The molecule has 2 aromatic carbocycles. The second-order valence-corrected chi connectivity index (χ2v) is 5.94. The van der Waals surface area contributed by atoms with Crippen LogP contribution in [0.25, 0.3) is 6.08 Å². The third-order valence-electron chi connectivity index (χ3n) is 3.67. The third kappa shape index (κ3) is 5.69. The van der Waals surface area contributed by atoms with Crippen LogP contribution in [-0.4, -0.2) is 31.6 Å². The Kier molecular flexibility index (Phi) is 7.77. The molecular formula is C21H19ClO6. The lowest BCUT2D eigenvalue weighted by Crippen LogP contribution is -2.21. The fraction of sp³-hybridized carbons (Fsp3) is 0.190. The molecule has 0 N–H and O–H groups in total. The van der Waals surface area contributed by atoms with E-state index in [1.165, 1.54) is 25.3 Å². The molecule has 0 saturated carbocycles. The fourth-order valence-electron chi connectivity index (χ4n) is 2.29. The summed E-state index contributed by atoms with van der Waals surface area (Å²) < 4.78 is 14.9. The van der Waals surface area contributed by atoms with Gasteiger partial charge in [0.15, 0.2) is 0 Å². The van der Waals surface area contributed by atoms with E-state index in [-0.39, 0.29) is 10.6 Å². The average Bonchev–Trinajstić information content (AvgIpc) is 2.71. The molecule has 0 aliphatic heterocycles. The summed E-state index contributed by atoms with van der Waals surface area (Å²) in [4.78, 5) is 35.9. The smallest absolute Gasteiger partial charge is 0.352 e. The Morgan fingerprint density at radius 2 is 1.75 bits per heavy atom. The highest BCUT2D eigenvalue weighted by atomic mass is 35.5. The van der Waals surface area contributed by atoms with Crippen LogP contribution in [0.3, 0.4) is 0 Å². The summed E-state index contributed by atoms with van der Waals surface area (Å²) in [7, 11) is 1.20. The number of carbonyl (C=O) groups excluding carboxylic acids is 3. The zero-order valence-corrected chi connectivity index (χ0v) is 16.1. The first-order chi connectivity index (χ1) is 13.5. The molecule has 1 unspecified atom stereocenters. The van der Waals surface area contributed by atoms with E-state index in [1.54, 1.807) is 49.4 Å². The van der Waals surface area contributed by atoms with Crippen molar-refractivity contribution in [2.45, 2.75) is 13.0 Å². The zero-order chi connectivity index (χ0) is 20.5. The largest absolute Gasteiger partial charge is 0.466 e. The molecule has 0 radical (unpaired) electrons. The van der Waals surface area contributed by atoms with Crippen LogP contribution in [0.15, 0.2) is 54.6 Å². The predicted molar refractivity (Wildman–Crippen MR) is 104 cm³/mol. The van der Waals surface area contributed by atoms with E-state index in [0.717, 1.165) is 0 Å². The summed E-state index contributed by atoms with van der Waals surface area (Å²) in [6.07, 6.45) is 1.57. The molecule has 28 heavy (non-hydrogen) atoms. The van der Waals surface area contributed by atoms with Crippen molar-refractivity contribution in [3.63, 3.8) is 0 Å². The molecule has 1 atom stereocenters. The standard InChI is InChI=1S/C21H19ClO6/c1-3-27-18(23)13-10-14-8-11-15(12-9-14)20(24)28-19(21(25)26-2)16-6-4-5-7-17(16)22/h4-13,19H,3H2,1-2H3/b13-10+. The topological polar surface area (TPSA) is 78.9 Å². The molecule has 0 spiro atoms. The van der Waals surface area contributed by atoms with Crippen molar-refractivity contribution in [2.75, 3.05) is 13.7 Å². The quantitative estimate of drug-likeness (QED) is 0.396. The number of benzene rings is 2. The molecule has 0 fully saturated rings. The van der Waals surface area contributed by atoms with Gasteiger partial charge in [-0.2, -0.15) is 0 Å². The summed E-state index contributed by atoms with van der Waals surface area (Å²) >= 11 is 6.11. The molecule has 146 valence electrons. The maximum absolute atomic E-state index is 12.5. The first-order valence-electron chi connectivity index (χ1n) is 8.44. The molecule has 0 aliphatic rings. The maximum Gasteiger partial charge on any atom is 0.352 e. The second kappa shape index (κ2) is 10.3. The highest BCUT2D eigenvalue weighted by Gasteiger charge is 2.28. The van der Waals surface area contributed by atoms with E-state index in [9.17, 15) is 14.4 Å². The number of ether oxygens (including phenoxy) is 3. The number of halogens is 1. The van der Waals surface area contributed by atoms with Gasteiger partial charge in [-0.25, -0.2) is 14.4 Å². The number of methoxy groups -OCH3 is 1. The normalized spacial score (nSPS) is 11.7. The van der Waals surface area contributed by atoms with Crippen molar-refractivity contribution in [2.24, 2.45) is 0 Å². The van der Waals surface area contributed by atoms with E-state index >= 15 is 0 Å². The molecule has 0 aromatic heterocycles. The van der Waals surface area contributed by atoms with Gasteiger partial charge in [-0.05, 0) is 36.8 Å². The van der Waals surface area contributed by atoms with E-state index in [2.05, 4.69) is 0 Å².